The van der Waals surface area contributed by atoms with E-state index in [9.17, 15) is 31.2 Å². The Morgan fingerprint density at radius 3 is 2.26 bits per heavy atom. The molecule has 2 unspecified atom stereocenters. The number of hydrogen-bond donors (Lipinski definition) is 0. The van der Waals surface area contributed by atoms with Crippen molar-refractivity contribution < 1.29 is 45.4 Å². The molecule has 0 fully saturated rings. The van der Waals surface area contributed by atoms with Gasteiger partial charge in [-0.3, -0.25) is 9.59 Å². The first-order valence-corrected chi connectivity index (χ1v) is 13.5. The first kappa shape index (κ1) is 30.7. The Morgan fingerprint density at radius 2 is 1.66 bits per heavy atom. The summed E-state index contributed by atoms with van der Waals surface area (Å²) in [6.07, 6.45) is 0.874. The predicted octanol–water partition coefficient (Wildman–Crippen LogP) is 5.11. The number of methoxy groups -OCH3 is 1. The van der Waals surface area contributed by atoms with Crippen LogP contribution in [0.1, 0.15) is 70.3 Å². The largest absolute Gasteiger partial charge is 0.490 e. The fraction of sp³-hybridized carbons (Fsp3) is 0.667. The predicted molar refractivity (Wildman–Crippen MR) is 125 cm³/mol. The third-order valence-corrected chi connectivity index (χ3v) is 7.15. The zero-order valence-electron chi connectivity index (χ0n) is 20.4. The second-order valence-corrected chi connectivity index (χ2v) is 10.8. The number of carbonyl (C=O) groups is 2. The molecule has 200 valence electrons. The first-order chi connectivity index (χ1) is 16.3. The number of esters is 2. The van der Waals surface area contributed by atoms with Crippen LogP contribution in [0.15, 0.2) is 24.3 Å². The SMILES string of the molecule is COC(=O)CCCCCCC(CCCC(COc1cccc(C(F)(F)F)c1)OC(C)=O)S(C)(=O)=O. The summed E-state index contributed by atoms with van der Waals surface area (Å²) < 4.78 is 78.3. The van der Waals surface area contributed by atoms with Crippen LogP contribution in [0, 0.1) is 0 Å². The Labute approximate surface area is 205 Å². The minimum atomic E-state index is -4.50. The van der Waals surface area contributed by atoms with Crippen molar-refractivity contribution in [1.29, 1.82) is 0 Å². The molecule has 1 aromatic rings. The number of ether oxygens (including phenoxy) is 3. The summed E-state index contributed by atoms with van der Waals surface area (Å²) >= 11 is 0. The van der Waals surface area contributed by atoms with Gasteiger partial charge in [-0.2, -0.15) is 13.2 Å². The Bertz CT molecular complexity index is 901. The molecule has 0 bridgehead atoms. The van der Waals surface area contributed by atoms with E-state index >= 15 is 0 Å². The number of hydrogen-bond acceptors (Lipinski definition) is 7. The van der Waals surface area contributed by atoms with Crippen LogP contribution in [-0.2, 0) is 35.1 Å². The van der Waals surface area contributed by atoms with E-state index in [-0.39, 0.29) is 18.3 Å². The van der Waals surface area contributed by atoms with E-state index in [0.717, 1.165) is 25.0 Å². The number of sulfone groups is 1. The molecule has 2 atom stereocenters. The molecule has 0 spiro atoms. The molecule has 35 heavy (non-hydrogen) atoms. The Morgan fingerprint density at radius 1 is 1.00 bits per heavy atom. The summed E-state index contributed by atoms with van der Waals surface area (Å²) in [5.41, 5.74) is -0.847. The summed E-state index contributed by atoms with van der Waals surface area (Å²) in [5, 5.41) is -0.550. The molecule has 0 radical (unpaired) electrons. The monoisotopic (exact) mass is 524 g/mol. The highest BCUT2D eigenvalue weighted by molar-refractivity contribution is 7.91. The van der Waals surface area contributed by atoms with Crippen LogP contribution >= 0.6 is 0 Å². The standard InChI is InChI=1S/C24H35F3O7S/c1-18(28)34-21(17-33-20-11-8-10-19(16-20)24(25,26)27)12-9-14-22(35(3,30)31)13-6-4-5-7-15-23(29)32-2/h8,10-11,16,21-22H,4-7,9,12-15,17H2,1-3H3. The second kappa shape index (κ2) is 15.0. The van der Waals surface area contributed by atoms with Gasteiger partial charge in [0.2, 0.25) is 0 Å². The van der Waals surface area contributed by atoms with Gasteiger partial charge in [0.15, 0.2) is 0 Å². The summed E-state index contributed by atoms with van der Waals surface area (Å²) in [5.74, 6) is -0.828. The number of carbonyl (C=O) groups excluding carboxylic acids is 2. The van der Waals surface area contributed by atoms with Gasteiger partial charge in [0.25, 0.3) is 0 Å². The molecule has 0 aliphatic rings. The van der Waals surface area contributed by atoms with Crippen molar-refractivity contribution in [3.05, 3.63) is 29.8 Å². The highest BCUT2D eigenvalue weighted by atomic mass is 32.2. The fourth-order valence-corrected chi connectivity index (χ4v) is 4.79. The van der Waals surface area contributed by atoms with Crippen molar-refractivity contribution >= 4 is 21.8 Å². The highest BCUT2D eigenvalue weighted by Crippen LogP contribution is 2.31. The Hall–Kier alpha value is -2.30. The second-order valence-electron chi connectivity index (χ2n) is 8.48. The van der Waals surface area contributed by atoms with Crippen molar-refractivity contribution in [2.45, 2.75) is 82.2 Å². The van der Waals surface area contributed by atoms with Crippen LogP contribution in [0.3, 0.4) is 0 Å². The maximum Gasteiger partial charge on any atom is 0.416 e. The van der Waals surface area contributed by atoms with Gasteiger partial charge in [-0.05, 0) is 50.3 Å². The third-order valence-electron chi connectivity index (χ3n) is 5.47. The van der Waals surface area contributed by atoms with E-state index in [4.69, 9.17) is 9.47 Å². The summed E-state index contributed by atoms with van der Waals surface area (Å²) in [6, 6.07) is 4.41. The molecule has 7 nitrogen and oxygen atoms in total. The lowest BCUT2D eigenvalue weighted by atomic mass is 10.0. The van der Waals surface area contributed by atoms with Crippen LogP contribution in [0.4, 0.5) is 13.2 Å². The zero-order valence-corrected chi connectivity index (χ0v) is 21.3. The summed E-state index contributed by atoms with van der Waals surface area (Å²) in [6.45, 7) is 1.07. The molecule has 0 amide bonds. The van der Waals surface area contributed by atoms with Crippen LogP contribution in [-0.4, -0.2) is 51.7 Å². The molecular formula is C24H35F3O7S. The van der Waals surface area contributed by atoms with Gasteiger partial charge in [0.1, 0.15) is 28.3 Å². The zero-order chi connectivity index (χ0) is 26.5. The van der Waals surface area contributed by atoms with Crippen LogP contribution < -0.4 is 4.74 Å². The molecule has 0 aliphatic heterocycles. The average molecular weight is 525 g/mol. The Kier molecular flexibility index (Phi) is 13.1. The maximum atomic E-state index is 12.9. The van der Waals surface area contributed by atoms with E-state index < -0.39 is 38.9 Å². The molecule has 0 N–H and O–H groups in total. The van der Waals surface area contributed by atoms with Gasteiger partial charge < -0.3 is 14.2 Å². The average Bonchev–Trinajstić information content (AvgIpc) is 2.76. The van der Waals surface area contributed by atoms with E-state index in [1.165, 1.54) is 32.4 Å². The number of alkyl halides is 3. The quantitative estimate of drug-likeness (QED) is 0.219. The van der Waals surface area contributed by atoms with Crippen molar-refractivity contribution in [2.75, 3.05) is 20.0 Å². The summed E-state index contributed by atoms with van der Waals surface area (Å²) in [4.78, 5) is 22.6. The lowest BCUT2D eigenvalue weighted by molar-refractivity contribution is -0.148. The van der Waals surface area contributed by atoms with Gasteiger partial charge in [-0.15, -0.1) is 0 Å². The lowest BCUT2D eigenvalue weighted by Gasteiger charge is -2.20. The van der Waals surface area contributed by atoms with Crippen LogP contribution in [0.5, 0.6) is 5.75 Å². The van der Waals surface area contributed by atoms with Gasteiger partial charge in [-0.1, -0.05) is 25.3 Å². The highest BCUT2D eigenvalue weighted by Gasteiger charge is 2.30. The van der Waals surface area contributed by atoms with Gasteiger partial charge in [0, 0.05) is 19.6 Å². The van der Waals surface area contributed by atoms with Gasteiger partial charge >= 0.3 is 18.1 Å². The van der Waals surface area contributed by atoms with Gasteiger partial charge in [-0.25, -0.2) is 8.42 Å². The summed E-state index contributed by atoms with van der Waals surface area (Å²) in [7, 11) is -1.95. The van der Waals surface area contributed by atoms with E-state index in [2.05, 4.69) is 4.74 Å². The molecule has 0 aliphatic carbocycles. The lowest BCUT2D eigenvalue weighted by Crippen LogP contribution is -2.26. The number of unbranched alkanes of at least 4 members (excludes halogenated alkanes) is 3. The van der Waals surface area contributed by atoms with Crippen LogP contribution in [0.25, 0.3) is 0 Å². The minimum Gasteiger partial charge on any atom is -0.490 e. The molecule has 1 rings (SSSR count). The first-order valence-electron chi connectivity index (χ1n) is 11.6. The number of benzene rings is 1. The third kappa shape index (κ3) is 13.4. The molecule has 1 aromatic carbocycles. The topological polar surface area (TPSA) is 96.0 Å². The maximum absolute atomic E-state index is 12.9. The fourth-order valence-electron chi connectivity index (χ4n) is 3.61. The molecular weight excluding hydrogens is 489 g/mol. The Balaban J connectivity index is 2.56. The minimum absolute atomic E-state index is 0.00168. The number of halogens is 3. The van der Waals surface area contributed by atoms with E-state index in [0.29, 0.717) is 44.9 Å². The molecule has 0 aromatic heterocycles. The number of rotatable bonds is 16. The van der Waals surface area contributed by atoms with E-state index in [1.807, 2.05) is 0 Å². The van der Waals surface area contributed by atoms with Crippen molar-refractivity contribution in [3.8, 4) is 5.75 Å². The van der Waals surface area contributed by atoms with Crippen molar-refractivity contribution in [2.24, 2.45) is 0 Å². The van der Waals surface area contributed by atoms with Crippen molar-refractivity contribution in [3.63, 3.8) is 0 Å². The van der Waals surface area contributed by atoms with Gasteiger partial charge in [0.05, 0.1) is 17.9 Å². The molecule has 0 heterocycles. The smallest absolute Gasteiger partial charge is 0.416 e. The van der Waals surface area contributed by atoms with E-state index in [1.54, 1.807) is 0 Å². The normalized spacial score (nSPS) is 13.7. The van der Waals surface area contributed by atoms with Crippen LogP contribution in [0.2, 0.25) is 0 Å². The molecule has 11 heteroatoms. The van der Waals surface area contributed by atoms with Crippen molar-refractivity contribution in [1.82, 2.24) is 0 Å². The molecule has 0 saturated heterocycles. The molecule has 0 saturated carbocycles.